The number of nitrogens with zero attached hydrogens (tertiary/aromatic N) is 5. The Morgan fingerprint density at radius 3 is 1.67 bits per heavy atom. The first-order valence-corrected chi connectivity index (χ1v) is 20.6. The van der Waals surface area contributed by atoms with Crippen molar-refractivity contribution in [2.24, 2.45) is 0 Å². The minimum absolute atomic E-state index is 0.624. The molecule has 0 saturated heterocycles. The summed E-state index contributed by atoms with van der Waals surface area (Å²) in [5.41, 5.74) is 11.5. The Kier molecular flexibility index (Phi) is 8.10. The summed E-state index contributed by atoms with van der Waals surface area (Å²) in [5, 5.41) is 8.01. The smallest absolute Gasteiger partial charge is 0.164 e. The zero-order chi connectivity index (χ0) is 40.3. The Hall–Kier alpha value is -8.28. The van der Waals surface area contributed by atoms with Crippen LogP contribution in [-0.2, 0) is 0 Å². The van der Waals surface area contributed by atoms with E-state index in [2.05, 4.69) is 187 Å². The summed E-state index contributed by atoms with van der Waals surface area (Å²) in [6.45, 7) is 0. The lowest BCUT2D eigenvalue weighted by Gasteiger charge is -2.12. The van der Waals surface area contributed by atoms with Gasteiger partial charge in [-0.3, -0.25) is 0 Å². The molecule has 0 aliphatic rings. The highest BCUT2D eigenvalue weighted by Gasteiger charge is 2.19. The van der Waals surface area contributed by atoms with Gasteiger partial charge in [0.15, 0.2) is 17.5 Å². The average Bonchev–Trinajstić information content (AvgIpc) is 3.66. The third-order valence-corrected chi connectivity index (χ3v) is 11.8. The maximum Gasteiger partial charge on any atom is 0.164 e. The van der Waals surface area contributed by atoms with Crippen molar-refractivity contribution < 1.29 is 0 Å². The van der Waals surface area contributed by atoms with E-state index < -0.39 is 0 Å². The van der Waals surface area contributed by atoms with Gasteiger partial charge in [0.05, 0.1) is 22.2 Å². The quantitative estimate of drug-likeness (QED) is 0.158. The monoisotopic (exact) mass is 777 g/mol. The molecular formula is C56H35N5. The van der Waals surface area contributed by atoms with Crippen molar-refractivity contribution in [1.82, 2.24) is 24.5 Å². The molecule has 0 aliphatic carbocycles. The minimum atomic E-state index is 0.624. The molecule has 5 nitrogen and oxygen atoms in total. The SMILES string of the molecule is c1ccc(-c2nc(-c3cccc(-c4ccc5c(c4)c4cc6nc(-c7ccccc7)c7ccccc7c6cc4n5-c4ccccc4)c3)nc(-c3cccc4ccccc34)n2)cc1. The number of rotatable bonds is 6. The van der Waals surface area contributed by atoms with Gasteiger partial charge in [-0.2, -0.15) is 0 Å². The van der Waals surface area contributed by atoms with E-state index in [-0.39, 0.29) is 0 Å². The summed E-state index contributed by atoms with van der Waals surface area (Å²) >= 11 is 0. The van der Waals surface area contributed by atoms with E-state index in [1.54, 1.807) is 0 Å². The number of hydrogen-bond donors (Lipinski definition) is 0. The lowest BCUT2D eigenvalue weighted by Crippen LogP contribution is -2.00. The summed E-state index contributed by atoms with van der Waals surface area (Å²) in [5.74, 6) is 1.91. The van der Waals surface area contributed by atoms with E-state index in [0.29, 0.717) is 17.5 Å². The Labute approximate surface area is 351 Å². The van der Waals surface area contributed by atoms with Crippen LogP contribution in [0.4, 0.5) is 0 Å². The molecule has 12 aromatic rings. The van der Waals surface area contributed by atoms with Gasteiger partial charge >= 0.3 is 0 Å². The number of para-hydroxylation sites is 1. The van der Waals surface area contributed by atoms with Gasteiger partial charge in [-0.1, -0.05) is 170 Å². The molecule has 0 radical (unpaired) electrons. The highest BCUT2D eigenvalue weighted by atomic mass is 15.0. The molecule has 0 amide bonds. The summed E-state index contributed by atoms with van der Waals surface area (Å²) in [6, 6.07) is 74.6. The molecule has 3 heterocycles. The first kappa shape index (κ1) is 34.7. The van der Waals surface area contributed by atoms with E-state index in [0.717, 1.165) is 93.6 Å². The van der Waals surface area contributed by atoms with Crippen LogP contribution in [0.15, 0.2) is 212 Å². The van der Waals surface area contributed by atoms with E-state index in [1.165, 1.54) is 5.39 Å². The van der Waals surface area contributed by atoms with Crippen LogP contribution in [0, 0.1) is 0 Å². The van der Waals surface area contributed by atoms with Crippen LogP contribution in [-0.4, -0.2) is 24.5 Å². The predicted molar refractivity (Wildman–Crippen MR) is 252 cm³/mol. The second-order valence-corrected chi connectivity index (χ2v) is 15.4. The normalized spacial score (nSPS) is 11.6. The topological polar surface area (TPSA) is 56.5 Å². The number of benzene rings is 9. The zero-order valence-electron chi connectivity index (χ0n) is 32.9. The van der Waals surface area contributed by atoms with Crippen molar-refractivity contribution >= 4 is 54.3 Å². The average molecular weight is 778 g/mol. The second kappa shape index (κ2) is 14.2. The van der Waals surface area contributed by atoms with Gasteiger partial charge in [-0.25, -0.2) is 19.9 Å². The van der Waals surface area contributed by atoms with Crippen molar-refractivity contribution in [3.63, 3.8) is 0 Å². The lowest BCUT2D eigenvalue weighted by atomic mass is 9.98. The molecule has 5 heteroatoms. The fraction of sp³-hybridized carbons (Fsp3) is 0. The standard InChI is InChI=1S/C56H35N5/c1-4-17-37(18-5-1)53-45-28-13-12-27-44(45)47-35-52-49(34-50(47)57-53)48-33-40(30-31-51(48)61(52)42-24-8-3-9-25-42)39-22-14-23-41(32-39)55-58-54(38-19-6-2-7-20-38)59-56(60-55)46-29-15-21-36-16-10-11-26-43(36)46/h1-35H. The van der Waals surface area contributed by atoms with Crippen LogP contribution in [0.2, 0.25) is 0 Å². The van der Waals surface area contributed by atoms with Crippen LogP contribution in [0.1, 0.15) is 0 Å². The molecule has 0 aliphatic heterocycles. The maximum absolute atomic E-state index is 5.38. The predicted octanol–water partition coefficient (Wildman–Crippen LogP) is 14.2. The van der Waals surface area contributed by atoms with Gasteiger partial charge in [0, 0.05) is 49.5 Å². The molecule has 0 spiro atoms. The van der Waals surface area contributed by atoms with Crippen molar-refractivity contribution in [2.45, 2.75) is 0 Å². The minimum Gasteiger partial charge on any atom is -0.309 e. The van der Waals surface area contributed by atoms with Crippen LogP contribution in [0.3, 0.4) is 0 Å². The molecule has 0 N–H and O–H groups in total. The van der Waals surface area contributed by atoms with Crippen molar-refractivity contribution in [3.05, 3.63) is 212 Å². The van der Waals surface area contributed by atoms with Crippen molar-refractivity contribution in [3.8, 4) is 62.2 Å². The Balaban J connectivity index is 1.05. The Morgan fingerprint density at radius 1 is 0.295 bits per heavy atom. The first-order chi connectivity index (χ1) is 30.2. The van der Waals surface area contributed by atoms with Crippen molar-refractivity contribution in [1.29, 1.82) is 0 Å². The third-order valence-electron chi connectivity index (χ3n) is 11.8. The van der Waals surface area contributed by atoms with E-state index in [9.17, 15) is 0 Å². The molecule has 12 rings (SSSR count). The number of aromatic nitrogens is 5. The Bertz CT molecular complexity index is 3630. The maximum atomic E-state index is 5.38. The molecule has 0 atom stereocenters. The van der Waals surface area contributed by atoms with Gasteiger partial charge in [0.2, 0.25) is 0 Å². The Morgan fingerprint density at radius 2 is 0.869 bits per heavy atom. The highest BCUT2D eigenvalue weighted by Crippen LogP contribution is 2.40. The van der Waals surface area contributed by atoms with Gasteiger partial charge in [-0.05, 0) is 69.8 Å². The summed E-state index contributed by atoms with van der Waals surface area (Å²) in [7, 11) is 0. The van der Waals surface area contributed by atoms with E-state index in [4.69, 9.17) is 19.9 Å². The molecule has 61 heavy (non-hydrogen) atoms. The molecular weight excluding hydrogens is 743 g/mol. The molecule has 3 aromatic heterocycles. The van der Waals surface area contributed by atoms with Gasteiger partial charge in [-0.15, -0.1) is 0 Å². The van der Waals surface area contributed by atoms with Gasteiger partial charge in [0.25, 0.3) is 0 Å². The van der Waals surface area contributed by atoms with E-state index >= 15 is 0 Å². The second-order valence-electron chi connectivity index (χ2n) is 15.4. The van der Waals surface area contributed by atoms with Crippen LogP contribution >= 0.6 is 0 Å². The van der Waals surface area contributed by atoms with Crippen LogP contribution in [0.5, 0.6) is 0 Å². The molecule has 0 fully saturated rings. The fourth-order valence-corrected chi connectivity index (χ4v) is 8.92. The number of pyridine rings is 1. The molecule has 284 valence electrons. The molecule has 9 aromatic carbocycles. The third kappa shape index (κ3) is 5.94. The summed E-state index contributed by atoms with van der Waals surface area (Å²) in [4.78, 5) is 20.7. The van der Waals surface area contributed by atoms with Gasteiger partial charge in [0.1, 0.15) is 0 Å². The highest BCUT2D eigenvalue weighted by molar-refractivity contribution is 6.19. The molecule has 0 bridgehead atoms. The zero-order valence-corrected chi connectivity index (χ0v) is 32.9. The van der Waals surface area contributed by atoms with Gasteiger partial charge < -0.3 is 4.57 Å². The summed E-state index contributed by atoms with van der Waals surface area (Å²) in [6.07, 6.45) is 0. The number of fused-ring (bicyclic) bond motifs is 7. The molecule has 0 saturated carbocycles. The van der Waals surface area contributed by atoms with Crippen LogP contribution in [0.25, 0.3) is 116 Å². The van der Waals surface area contributed by atoms with Crippen molar-refractivity contribution in [2.75, 3.05) is 0 Å². The number of hydrogen-bond acceptors (Lipinski definition) is 4. The van der Waals surface area contributed by atoms with E-state index in [1.807, 2.05) is 30.3 Å². The first-order valence-electron chi connectivity index (χ1n) is 20.6. The lowest BCUT2D eigenvalue weighted by molar-refractivity contribution is 1.08. The largest absolute Gasteiger partial charge is 0.309 e. The summed E-state index contributed by atoms with van der Waals surface area (Å²) < 4.78 is 2.38. The fourth-order valence-electron chi connectivity index (χ4n) is 8.92. The van der Waals surface area contributed by atoms with Crippen LogP contribution < -0.4 is 0 Å². The molecule has 0 unspecified atom stereocenters.